The van der Waals surface area contributed by atoms with Crippen LogP contribution in [0.1, 0.15) is 25.7 Å². The molecule has 0 bridgehead atoms. The van der Waals surface area contributed by atoms with Crippen LogP contribution in [0.3, 0.4) is 0 Å². The fourth-order valence-corrected chi connectivity index (χ4v) is 3.33. The molecular weight excluding hydrogens is 311 g/mol. The van der Waals surface area contributed by atoms with Crippen LogP contribution >= 0.6 is 23.2 Å². The average Bonchev–Trinajstić information content (AvgIpc) is 3.17. The summed E-state index contributed by atoms with van der Waals surface area (Å²) in [6.07, 6.45) is 4.69. The lowest BCUT2D eigenvalue weighted by Gasteiger charge is -2.21. The van der Waals surface area contributed by atoms with Crippen molar-refractivity contribution in [1.29, 1.82) is 0 Å². The highest BCUT2D eigenvalue weighted by atomic mass is 35.5. The van der Waals surface area contributed by atoms with Gasteiger partial charge in [-0.25, -0.2) is 4.98 Å². The van der Waals surface area contributed by atoms with Gasteiger partial charge in [-0.3, -0.25) is 0 Å². The molecule has 2 aliphatic rings. The summed E-state index contributed by atoms with van der Waals surface area (Å²) in [6, 6.07) is 0. The quantitative estimate of drug-likeness (QED) is 0.887. The van der Waals surface area contributed by atoms with Gasteiger partial charge in [0.1, 0.15) is 15.9 Å². The highest BCUT2D eigenvalue weighted by Crippen LogP contribution is 2.39. The summed E-state index contributed by atoms with van der Waals surface area (Å²) >= 11 is 12.6. The Morgan fingerprint density at radius 1 is 1.24 bits per heavy atom. The van der Waals surface area contributed by atoms with E-state index in [-0.39, 0.29) is 6.10 Å². The Morgan fingerprint density at radius 3 is 2.67 bits per heavy atom. The van der Waals surface area contributed by atoms with Crippen molar-refractivity contribution in [2.45, 2.75) is 31.8 Å². The number of pyridine rings is 1. The van der Waals surface area contributed by atoms with Crippen molar-refractivity contribution in [1.82, 2.24) is 4.98 Å². The van der Waals surface area contributed by atoms with E-state index in [0.717, 1.165) is 51.2 Å². The summed E-state index contributed by atoms with van der Waals surface area (Å²) in [7, 11) is 0. The Kier molecular flexibility index (Phi) is 4.62. The molecule has 0 aromatic carbocycles. The first-order chi connectivity index (χ1) is 10.2. The van der Waals surface area contributed by atoms with E-state index in [9.17, 15) is 0 Å². The molecule has 116 valence electrons. The Morgan fingerprint density at radius 2 is 2.00 bits per heavy atom. The molecular formula is C14H20Cl2N4O. The maximum atomic E-state index is 6.31. The van der Waals surface area contributed by atoms with Gasteiger partial charge in [0.2, 0.25) is 0 Å². The van der Waals surface area contributed by atoms with Crippen LogP contribution in [0.5, 0.6) is 0 Å². The number of hydrogen-bond acceptors (Lipinski definition) is 5. The minimum absolute atomic E-state index is 0.218. The van der Waals surface area contributed by atoms with Gasteiger partial charge >= 0.3 is 0 Å². The Bertz CT molecular complexity index is 514. The molecule has 2 fully saturated rings. The molecule has 3 heterocycles. The van der Waals surface area contributed by atoms with Crippen LogP contribution in [-0.2, 0) is 4.74 Å². The highest BCUT2D eigenvalue weighted by molar-refractivity contribution is 6.41. The number of nitrogens with one attached hydrogen (secondary N) is 1. The van der Waals surface area contributed by atoms with Crippen LogP contribution in [-0.4, -0.2) is 37.3 Å². The van der Waals surface area contributed by atoms with E-state index < -0.39 is 0 Å². The monoisotopic (exact) mass is 330 g/mol. The van der Waals surface area contributed by atoms with E-state index >= 15 is 0 Å². The number of nitrogens with zero attached hydrogens (tertiary/aromatic N) is 2. The second-order valence-corrected chi connectivity index (χ2v) is 6.29. The number of ether oxygens (including phenoxy) is 1. The number of hydrogen-bond donors (Lipinski definition) is 2. The van der Waals surface area contributed by atoms with Gasteiger partial charge in [0, 0.05) is 26.2 Å². The summed E-state index contributed by atoms with van der Waals surface area (Å²) in [5.41, 5.74) is 6.43. The van der Waals surface area contributed by atoms with Crippen LogP contribution in [0.15, 0.2) is 0 Å². The molecule has 3 N–H and O–H groups in total. The van der Waals surface area contributed by atoms with E-state index in [2.05, 4.69) is 15.2 Å². The number of anilines is 3. The van der Waals surface area contributed by atoms with Crippen LogP contribution in [0, 0.1) is 0 Å². The third-order valence-electron chi connectivity index (χ3n) is 4.02. The molecule has 0 saturated carbocycles. The summed E-state index contributed by atoms with van der Waals surface area (Å²) in [5.74, 6) is 1.32. The number of aromatic nitrogens is 1. The van der Waals surface area contributed by atoms with Gasteiger partial charge in [0.25, 0.3) is 0 Å². The summed E-state index contributed by atoms with van der Waals surface area (Å²) in [4.78, 5) is 6.75. The molecule has 0 spiro atoms. The second-order valence-electron chi connectivity index (χ2n) is 5.54. The van der Waals surface area contributed by atoms with Crippen molar-refractivity contribution in [2.75, 3.05) is 42.2 Å². The molecule has 5 nitrogen and oxygen atoms in total. The minimum atomic E-state index is 0.218. The number of rotatable bonds is 4. The fourth-order valence-electron chi connectivity index (χ4n) is 2.82. The third-order valence-corrected chi connectivity index (χ3v) is 4.78. The number of nitrogen functional groups attached to an aromatic ring is 1. The van der Waals surface area contributed by atoms with Crippen LogP contribution < -0.4 is 16.0 Å². The van der Waals surface area contributed by atoms with E-state index in [0.29, 0.717) is 28.1 Å². The van der Waals surface area contributed by atoms with Gasteiger partial charge in [-0.2, -0.15) is 0 Å². The van der Waals surface area contributed by atoms with E-state index in [4.69, 9.17) is 33.7 Å². The topological polar surface area (TPSA) is 63.4 Å². The van der Waals surface area contributed by atoms with Crippen LogP contribution in [0.25, 0.3) is 0 Å². The van der Waals surface area contributed by atoms with Crippen molar-refractivity contribution in [3.05, 3.63) is 10.0 Å². The largest absolute Gasteiger partial charge is 0.396 e. The van der Waals surface area contributed by atoms with E-state index in [1.807, 2.05) is 0 Å². The van der Waals surface area contributed by atoms with E-state index in [1.54, 1.807) is 0 Å². The SMILES string of the molecule is Nc1c(Cl)c(NCC2CCCO2)nc(N2CCCC2)c1Cl. The van der Waals surface area contributed by atoms with Gasteiger partial charge in [-0.05, 0) is 25.7 Å². The lowest BCUT2D eigenvalue weighted by Crippen LogP contribution is -2.23. The first kappa shape index (κ1) is 15.0. The molecule has 2 saturated heterocycles. The summed E-state index contributed by atoms with van der Waals surface area (Å²) in [5, 5.41) is 4.09. The normalized spacial score (nSPS) is 22.0. The van der Waals surface area contributed by atoms with Gasteiger partial charge < -0.3 is 20.7 Å². The zero-order chi connectivity index (χ0) is 14.8. The molecule has 7 heteroatoms. The highest BCUT2D eigenvalue weighted by Gasteiger charge is 2.23. The maximum absolute atomic E-state index is 6.31. The third kappa shape index (κ3) is 3.15. The van der Waals surface area contributed by atoms with Crippen molar-refractivity contribution in [2.24, 2.45) is 0 Å². The average molecular weight is 331 g/mol. The molecule has 21 heavy (non-hydrogen) atoms. The Labute approximate surface area is 134 Å². The van der Waals surface area contributed by atoms with Gasteiger partial charge in [0.15, 0.2) is 5.82 Å². The first-order valence-electron chi connectivity index (χ1n) is 7.41. The molecule has 0 aliphatic carbocycles. The molecule has 1 unspecified atom stereocenters. The van der Waals surface area contributed by atoms with Gasteiger partial charge in [0.05, 0.1) is 11.8 Å². The first-order valence-corrected chi connectivity index (χ1v) is 8.17. The summed E-state index contributed by atoms with van der Waals surface area (Å²) in [6.45, 7) is 3.43. The molecule has 2 aliphatic heterocycles. The Hall–Kier alpha value is -0.910. The van der Waals surface area contributed by atoms with Gasteiger partial charge in [-0.15, -0.1) is 0 Å². The Balaban J connectivity index is 1.81. The molecule has 0 amide bonds. The standard InChI is InChI=1S/C14H20Cl2N4O/c15-10-12(17)11(16)14(20-5-1-2-6-20)19-13(10)18-8-9-4-3-7-21-9/h9H,1-8H2,(H3,17,18,19). The second kappa shape index (κ2) is 6.46. The smallest absolute Gasteiger partial charge is 0.152 e. The van der Waals surface area contributed by atoms with Crippen molar-refractivity contribution < 1.29 is 4.74 Å². The zero-order valence-electron chi connectivity index (χ0n) is 11.9. The van der Waals surface area contributed by atoms with E-state index in [1.165, 1.54) is 0 Å². The van der Waals surface area contributed by atoms with Crippen LogP contribution in [0.4, 0.5) is 17.3 Å². The van der Waals surface area contributed by atoms with Crippen molar-refractivity contribution in [3.63, 3.8) is 0 Å². The molecule has 0 radical (unpaired) electrons. The lowest BCUT2D eigenvalue weighted by molar-refractivity contribution is 0.120. The fraction of sp³-hybridized carbons (Fsp3) is 0.643. The molecule has 1 aromatic heterocycles. The lowest BCUT2D eigenvalue weighted by atomic mass is 10.2. The maximum Gasteiger partial charge on any atom is 0.152 e. The molecule has 1 aromatic rings. The minimum Gasteiger partial charge on any atom is -0.396 e. The molecule has 1 atom stereocenters. The number of halogens is 2. The van der Waals surface area contributed by atoms with Crippen molar-refractivity contribution in [3.8, 4) is 0 Å². The van der Waals surface area contributed by atoms with Crippen LogP contribution in [0.2, 0.25) is 10.0 Å². The zero-order valence-corrected chi connectivity index (χ0v) is 13.4. The summed E-state index contributed by atoms with van der Waals surface area (Å²) < 4.78 is 5.60. The number of nitrogens with two attached hydrogens (primary N) is 1. The van der Waals surface area contributed by atoms with Crippen molar-refractivity contribution >= 4 is 40.5 Å². The molecule has 3 rings (SSSR count). The predicted molar refractivity (Wildman–Crippen MR) is 87.6 cm³/mol. The predicted octanol–water partition coefficient (Wildman–Crippen LogP) is 3.16. The van der Waals surface area contributed by atoms with Gasteiger partial charge in [-0.1, -0.05) is 23.2 Å².